The van der Waals surface area contributed by atoms with E-state index in [0.29, 0.717) is 34.0 Å². The molecule has 0 aliphatic carbocycles. The summed E-state index contributed by atoms with van der Waals surface area (Å²) in [7, 11) is 1.56. The maximum absolute atomic E-state index is 13.2. The molecule has 5 nitrogen and oxygen atoms in total. The number of hydrogen-bond acceptors (Lipinski definition) is 4. The number of rotatable bonds is 5. The monoisotopic (exact) mass is 548 g/mol. The van der Waals surface area contributed by atoms with Crippen LogP contribution in [-0.2, 0) is 0 Å². The fraction of sp³-hybridized carbons (Fsp3) is 0.0323. The number of carbonyl (C=O) groups excluding carboxylic acids is 1. The van der Waals surface area contributed by atoms with E-state index in [9.17, 15) is 4.79 Å². The molecular formula is C31H21BrN2O3. The van der Waals surface area contributed by atoms with Gasteiger partial charge in [-0.2, -0.15) is 0 Å². The van der Waals surface area contributed by atoms with Crippen molar-refractivity contribution in [3.8, 4) is 28.3 Å². The number of nitrogens with one attached hydrogen (secondary N) is 1. The van der Waals surface area contributed by atoms with Crippen molar-refractivity contribution < 1.29 is 13.9 Å². The summed E-state index contributed by atoms with van der Waals surface area (Å²) >= 11 is 3.59. The first-order valence-corrected chi connectivity index (χ1v) is 12.5. The highest BCUT2D eigenvalue weighted by molar-refractivity contribution is 9.10. The largest absolute Gasteiger partial charge is 0.495 e. The van der Waals surface area contributed by atoms with Gasteiger partial charge < -0.3 is 14.5 Å². The minimum atomic E-state index is -0.275. The normalized spacial score (nSPS) is 11.1. The Hall–Kier alpha value is -4.42. The molecule has 0 atom stereocenters. The molecule has 37 heavy (non-hydrogen) atoms. The van der Waals surface area contributed by atoms with Crippen molar-refractivity contribution in [3.63, 3.8) is 0 Å². The summed E-state index contributed by atoms with van der Waals surface area (Å²) in [6.45, 7) is 0. The van der Waals surface area contributed by atoms with E-state index in [4.69, 9.17) is 9.15 Å². The van der Waals surface area contributed by atoms with Gasteiger partial charge in [-0.3, -0.25) is 4.79 Å². The number of ether oxygens (including phenoxy) is 1. The molecule has 6 heteroatoms. The Morgan fingerprint density at radius 2 is 1.54 bits per heavy atom. The molecule has 1 heterocycles. The summed E-state index contributed by atoms with van der Waals surface area (Å²) < 4.78 is 12.3. The second-order valence-corrected chi connectivity index (χ2v) is 9.38. The Morgan fingerprint density at radius 3 is 2.32 bits per heavy atom. The number of hydrogen-bond donors (Lipinski definition) is 1. The first-order valence-electron chi connectivity index (χ1n) is 11.7. The summed E-state index contributed by atoms with van der Waals surface area (Å²) in [5, 5.41) is 4.89. The van der Waals surface area contributed by atoms with E-state index in [-0.39, 0.29) is 5.91 Å². The van der Waals surface area contributed by atoms with Crippen molar-refractivity contribution in [2.75, 3.05) is 12.4 Å². The van der Waals surface area contributed by atoms with Gasteiger partial charge in [0.1, 0.15) is 11.3 Å². The predicted octanol–water partition coefficient (Wildman–Crippen LogP) is 8.34. The van der Waals surface area contributed by atoms with Crippen LogP contribution < -0.4 is 10.1 Å². The van der Waals surface area contributed by atoms with Crippen molar-refractivity contribution in [2.45, 2.75) is 0 Å². The van der Waals surface area contributed by atoms with Gasteiger partial charge in [0, 0.05) is 11.3 Å². The lowest BCUT2D eigenvalue weighted by Gasteiger charge is -2.13. The molecular weight excluding hydrogens is 528 g/mol. The van der Waals surface area contributed by atoms with Crippen LogP contribution in [-0.4, -0.2) is 18.0 Å². The van der Waals surface area contributed by atoms with Crippen LogP contribution in [0.25, 0.3) is 44.5 Å². The van der Waals surface area contributed by atoms with Crippen LogP contribution in [0.5, 0.6) is 5.75 Å². The van der Waals surface area contributed by atoms with E-state index in [2.05, 4.69) is 50.5 Å². The van der Waals surface area contributed by atoms with E-state index in [0.717, 1.165) is 31.9 Å². The van der Waals surface area contributed by atoms with E-state index in [1.54, 1.807) is 19.2 Å². The van der Waals surface area contributed by atoms with Gasteiger partial charge in [0.15, 0.2) is 5.58 Å². The predicted molar refractivity (Wildman–Crippen MR) is 151 cm³/mol. The van der Waals surface area contributed by atoms with Crippen LogP contribution in [0.1, 0.15) is 10.4 Å². The standard InChI is InChI=1S/C31H21BrN2O3/c1-36-29-25(17-22-9-5-6-10-24(22)28(29)32)30(35)33-23-15-16-27-26(18-23)34-31(37-27)21-13-11-20(12-14-21)19-7-3-2-4-8-19/h2-18H,1H3,(H,33,35). The second-order valence-electron chi connectivity index (χ2n) is 8.59. The molecule has 1 amide bonds. The molecule has 0 unspecified atom stereocenters. The van der Waals surface area contributed by atoms with Gasteiger partial charge in [0.2, 0.25) is 5.89 Å². The third-order valence-corrected chi connectivity index (χ3v) is 7.06. The SMILES string of the molecule is COc1c(C(=O)Nc2ccc3oc(-c4ccc(-c5ccccc5)cc4)nc3c2)cc2ccccc2c1Br. The second kappa shape index (κ2) is 9.56. The Kier molecular flexibility index (Phi) is 5.94. The molecule has 0 saturated heterocycles. The Morgan fingerprint density at radius 1 is 0.838 bits per heavy atom. The molecule has 0 spiro atoms. The van der Waals surface area contributed by atoms with Crippen LogP contribution in [0.2, 0.25) is 0 Å². The molecule has 180 valence electrons. The number of oxazole rings is 1. The number of nitrogens with zero attached hydrogens (tertiary/aromatic N) is 1. The van der Waals surface area contributed by atoms with E-state index in [1.165, 1.54) is 0 Å². The Balaban J connectivity index is 1.28. The molecule has 1 aromatic heterocycles. The lowest BCUT2D eigenvalue weighted by molar-refractivity contribution is 0.102. The van der Waals surface area contributed by atoms with Crippen LogP contribution in [0.4, 0.5) is 5.69 Å². The van der Waals surface area contributed by atoms with Gasteiger partial charge in [-0.05, 0) is 74.2 Å². The third kappa shape index (κ3) is 4.36. The van der Waals surface area contributed by atoms with Crippen molar-refractivity contribution >= 4 is 49.4 Å². The Labute approximate surface area is 221 Å². The summed E-state index contributed by atoms with van der Waals surface area (Å²) in [6.07, 6.45) is 0. The summed E-state index contributed by atoms with van der Waals surface area (Å²) in [6, 6.07) is 33.4. The zero-order chi connectivity index (χ0) is 25.4. The highest BCUT2D eigenvalue weighted by Gasteiger charge is 2.19. The van der Waals surface area contributed by atoms with Crippen LogP contribution >= 0.6 is 15.9 Å². The number of methoxy groups -OCH3 is 1. The zero-order valence-electron chi connectivity index (χ0n) is 19.9. The lowest BCUT2D eigenvalue weighted by atomic mass is 10.0. The molecule has 6 rings (SSSR count). The molecule has 0 radical (unpaired) electrons. The molecule has 0 saturated carbocycles. The average molecular weight is 549 g/mol. The quantitative estimate of drug-likeness (QED) is 0.235. The van der Waals surface area contributed by atoms with Crippen molar-refractivity contribution in [2.24, 2.45) is 0 Å². The molecule has 0 aliphatic rings. The van der Waals surface area contributed by atoms with Gasteiger partial charge >= 0.3 is 0 Å². The van der Waals surface area contributed by atoms with Crippen LogP contribution in [0.3, 0.4) is 0 Å². The minimum absolute atomic E-state index is 0.275. The van der Waals surface area contributed by atoms with Gasteiger partial charge in [0.05, 0.1) is 17.1 Å². The number of carbonyl (C=O) groups is 1. The fourth-order valence-corrected chi connectivity index (χ4v) is 5.15. The number of halogens is 1. The highest BCUT2D eigenvalue weighted by atomic mass is 79.9. The number of amides is 1. The van der Waals surface area contributed by atoms with E-state index >= 15 is 0 Å². The first kappa shape index (κ1) is 23.0. The summed E-state index contributed by atoms with van der Waals surface area (Å²) in [5.74, 6) is 0.737. The van der Waals surface area contributed by atoms with Crippen molar-refractivity contribution in [3.05, 3.63) is 113 Å². The third-order valence-electron chi connectivity index (χ3n) is 6.27. The topological polar surface area (TPSA) is 64.4 Å². The van der Waals surface area contributed by atoms with Gasteiger partial charge in [0.25, 0.3) is 5.91 Å². The summed E-state index contributed by atoms with van der Waals surface area (Å²) in [5.41, 5.74) is 5.52. The van der Waals surface area contributed by atoms with E-state index < -0.39 is 0 Å². The zero-order valence-corrected chi connectivity index (χ0v) is 21.5. The molecule has 0 aliphatic heterocycles. The minimum Gasteiger partial charge on any atom is -0.495 e. The molecule has 5 aromatic carbocycles. The van der Waals surface area contributed by atoms with Crippen molar-refractivity contribution in [1.29, 1.82) is 0 Å². The molecule has 6 aromatic rings. The van der Waals surface area contributed by atoms with Crippen molar-refractivity contribution in [1.82, 2.24) is 4.98 Å². The molecule has 0 fully saturated rings. The van der Waals surface area contributed by atoms with Gasteiger partial charge in [-0.1, -0.05) is 66.7 Å². The number of aromatic nitrogens is 1. The average Bonchev–Trinajstić information content (AvgIpc) is 3.37. The summed E-state index contributed by atoms with van der Waals surface area (Å²) in [4.78, 5) is 17.9. The van der Waals surface area contributed by atoms with Crippen LogP contribution in [0, 0.1) is 0 Å². The number of anilines is 1. The highest BCUT2D eigenvalue weighted by Crippen LogP contribution is 2.37. The van der Waals surface area contributed by atoms with Crippen LogP contribution in [0.15, 0.2) is 112 Å². The van der Waals surface area contributed by atoms with E-state index in [1.807, 2.05) is 66.7 Å². The smallest absolute Gasteiger partial charge is 0.259 e. The lowest BCUT2D eigenvalue weighted by Crippen LogP contribution is -2.13. The van der Waals surface area contributed by atoms with Gasteiger partial charge in [-0.25, -0.2) is 4.98 Å². The Bertz CT molecular complexity index is 1760. The molecule has 0 bridgehead atoms. The van der Waals surface area contributed by atoms with Gasteiger partial charge in [-0.15, -0.1) is 0 Å². The maximum atomic E-state index is 13.2. The molecule has 1 N–H and O–H groups in total. The number of fused-ring (bicyclic) bond motifs is 2. The first-order chi connectivity index (χ1) is 18.1. The number of benzene rings is 5. The fourth-order valence-electron chi connectivity index (χ4n) is 4.42. The maximum Gasteiger partial charge on any atom is 0.259 e.